The van der Waals surface area contributed by atoms with Gasteiger partial charge in [0.1, 0.15) is 0 Å². The zero-order valence-electron chi connectivity index (χ0n) is 10.1. The minimum atomic E-state index is -3.72. The summed E-state index contributed by atoms with van der Waals surface area (Å²) in [4.78, 5) is 11.1. The van der Waals surface area contributed by atoms with E-state index in [9.17, 15) is 13.2 Å². The van der Waals surface area contributed by atoms with Gasteiger partial charge in [-0.05, 0) is 32.0 Å². The Balaban J connectivity index is 3.21. The van der Waals surface area contributed by atoms with Gasteiger partial charge in [-0.3, -0.25) is 4.79 Å². The van der Waals surface area contributed by atoms with Crippen LogP contribution >= 0.6 is 15.9 Å². The van der Waals surface area contributed by atoms with E-state index in [1.807, 2.05) is 0 Å². The molecule has 7 heteroatoms. The lowest BCUT2D eigenvalue weighted by Gasteiger charge is -2.24. The molecule has 0 radical (unpaired) electrons. The number of sulfonamides is 1. The fourth-order valence-corrected chi connectivity index (χ4v) is 3.66. The van der Waals surface area contributed by atoms with Crippen molar-refractivity contribution < 1.29 is 13.2 Å². The van der Waals surface area contributed by atoms with E-state index in [1.54, 1.807) is 26.0 Å². The fraction of sp³-hybridized carbons (Fsp3) is 0.364. The highest BCUT2D eigenvalue weighted by Crippen LogP contribution is 2.21. The number of nitrogens with two attached hydrogens (primary N) is 1. The van der Waals surface area contributed by atoms with Gasteiger partial charge in [0.2, 0.25) is 15.9 Å². The molecule has 18 heavy (non-hydrogen) atoms. The van der Waals surface area contributed by atoms with Crippen LogP contribution in [0.1, 0.15) is 13.8 Å². The highest BCUT2D eigenvalue weighted by Gasteiger charge is 2.28. The monoisotopic (exact) mass is 334 g/mol. The average Bonchev–Trinajstić information content (AvgIpc) is 2.25. The predicted octanol–water partition coefficient (Wildman–Crippen LogP) is 1.33. The first kappa shape index (κ1) is 15.1. The molecule has 0 fully saturated rings. The SMILES string of the molecule is CC(C)N(CC(N)=O)S(=O)(=O)c1cccc(Br)c1. The quantitative estimate of drug-likeness (QED) is 0.882. The molecule has 0 aromatic heterocycles. The highest BCUT2D eigenvalue weighted by molar-refractivity contribution is 9.10. The molecule has 0 aliphatic carbocycles. The number of hydrogen-bond donors (Lipinski definition) is 1. The first-order valence-electron chi connectivity index (χ1n) is 5.31. The van der Waals surface area contributed by atoms with Gasteiger partial charge in [-0.2, -0.15) is 4.31 Å². The largest absolute Gasteiger partial charge is 0.369 e. The first-order valence-corrected chi connectivity index (χ1v) is 7.54. The van der Waals surface area contributed by atoms with Gasteiger partial charge in [0.15, 0.2) is 0 Å². The van der Waals surface area contributed by atoms with Crippen molar-refractivity contribution in [2.24, 2.45) is 5.73 Å². The molecule has 5 nitrogen and oxygen atoms in total. The maximum Gasteiger partial charge on any atom is 0.243 e. The Labute approximate surface area is 115 Å². The van der Waals surface area contributed by atoms with Crippen molar-refractivity contribution in [2.75, 3.05) is 6.54 Å². The lowest BCUT2D eigenvalue weighted by Crippen LogP contribution is -2.42. The van der Waals surface area contributed by atoms with Crippen molar-refractivity contribution in [1.82, 2.24) is 4.31 Å². The van der Waals surface area contributed by atoms with E-state index in [2.05, 4.69) is 15.9 Å². The maximum absolute atomic E-state index is 12.4. The molecular weight excluding hydrogens is 320 g/mol. The molecule has 0 bridgehead atoms. The number of halogens is 1. The molecule has 0 aliphatic heterocycles. The van der Waals surface area contributed by atoms with E-state index in [4.69, 9.17) is 5.73 Å². The Bertz CT molecular complexity index is 543. The van der Waals surface area contributed by atoms with Gasteiger partial charge in [0, 0.05) is 10.5 Å². The Hall–Kier alpha value is -0.920. The number of amides is 1. The lowest BCUT2D eigenvalue weighted by molar-refractivity contribution is -0.118. The fourth-order valence-electron chi connectivity index (χ4n) is 1.46. The molecular formula is C11H15BrN2O3S. The molecule has 0 atom stereocenters. The summed E-state index contributed by atoms with van der Waals surface area (Å²) in [5, 5.41) is 0. The average molecular weight is 335 g/mol. The molecule has 0 spiro atoms. The minimum Gasteiger partial charge on any atom is -0.369 e. The number of carbonyl (C=O) groups excluding carboxylic acids is 1. The summed E-state index contributed by atoms with van der Waals surface area (Å²) in [6.45, 7) is 3.06. The molecule has 1 rings (SSSR count). The van der Waals surface area contributed by atoms with Crippen LogP contribution < -0.4 is 5.73 Å². The second-order valence-electron chi connectivity index (χ2n) is 4.07. The number of carbonyl (C=O) groups is 1. The molecule has 1 aromatic rings. The van der Waals surface area contributed by atoms with Crippen molar-refractivity contribution in [1.29, 1.82) is 0 Å². The van der Waals surface area contributed by atoms with Crippen LogP contribution in [0.5, 0.6) is 0 Å². The summed E-state index contributed by atoms with van der Waals surface area (Å²) >= 11 is 3.22. The number of primary amides is 1. The molecule has 2 N–H and O–H groups in total. The Morgan fingerprint density at radius 2 is 2.06 bits per heavy atom. The third kappa shape index (κ3) is 3.54. The first-order chi connectivity index (χ1) is 8.25. The van der Waals surface area contributed by atoms with Crippen molar-refractivity contribution in [3.8, 4) is 0 Å². The molecule has 0 saturated carbocycles. The normalized spacial score (nSPS) is 12.1. The number of hydrogen-bond acceptors (Lipinski definition) is 3. The second kappa shape index (κ2) is 5.81. The van der Waals surface area contributed by atoms with E-state index >= 15 is 0 Å². The topological polar surface area (TPSA) is 80.5 Å². The summed E-state index contributed by atoms with van der Waals surface area (Å²) in [5.74, 6) is -0.678. The van der Waals surface area contributed by atoms with Crippen LogP contribution in [0.4, 0.5) is 0 Å². The van der Waals surface area contributed by atoms with Crippen molar-refractivity contribution in [3.63, 3.8) is 0 Å². The van der Waals surface area contributed by atoms with Crippen LogP contribution in [0.15, 0.2) is 33.6 Å². The van der Waals surface area contributed by atoms with Crippen molar-refractivity contribution >= 4 is 31.9 Å². The van der Waals surface area contributed by atoms with Crippen molar-refractivity contribution in [3.05, 3.63) is 28.7 Å². The second-order valence-corrected chi connectivity index (χ2v) is 6.87. The third-order valence-electron chi connectivity index (χ3n) is 2.29. The summed E-state index contributed by atoms with van der Waals surface area (Å²) < 4.78 is 26.5. The van der Waals surface area contributed by atoms with Crippen LogP contribution in [0.25, 0.3) is 0 Å². The zero-order valence-corrected chi connectivity index (χ0v) is 12.5. The predicted molar refractivity (Wildman–Crippen MR) is 72.4 cm³/mol. The molecule has 1 amide bonds. The molecule has 0 heterocycles. The van der Waals surface area contributed by atoms with Crippen LogP contribution in [0.2, 0.25) is 0 Å². The minimum absolute atomic E-state index is 0.131. The van der Waals surface area contributed by atoms with E-state index in [1.165, 1.54) is 12.1 Å². The number of benzene rings is 1. The molecule has 100 valence electrons. The molecule has 1 aromatic carbocycles. The molecule has 0 unspecified atom stereocenters. The van der Waals surface area contributed by atoms with Gasteiger partial charge in [-0.1, -0.05) is 22.0 Å². The summed E-state index contributed by atoms with van der Waals surface area (Å²) in [6, 6.07) is 5.98. The Morgan fingerprint density at radius 1 is 1.44 bits per heavy atom. The van der Waals surface area contributed by atoms with Crippen LogP contribution in [0.3, 0.4) is 0 Å². The van der Waals surface area contributed by atoms with Crippen molar-refractivity contribution in [2.45, 2.75) is 24.8 Å². The number of nitrogens with zero attached hydrogens (tertiary/aromatic N) is 1. The zero-order chi connectivity index (χ0) is 13.9. The Morgan fingerprint density at radius 3 is 2.50 bits per heavy atom. The summed E-state index contributed by atoms with van der Waals surface area (Å²) in [7, 11) is -3.72. The van der Waals surface area contributed by atoms with E-state index < -0.39 is 15.9 Å². The highest BCUT2D eigenvalue weighted by atomic mass is 79.9. The third-order valence-corrected chi connectivity index (χ3v) is 4.80. The van der Waals surface area contributed by atoms with Gasteiger partial charge in [-0.15, -0.1) is 0 Å². The summed E-state index contributed by atoms with van der Waals surface area (Å²) in [5.41, 5.74) is 5.08. The smallest absolute Gasteiger partial charge is 0.243 e. The van der Waals surface area contributed by atoms with E-state index in [-0.39, 0.29) is 17.5 Å². The van der Waals surface area contributed by atoms with E-state index in [0.717, 1.165) is 4.31 Å². The summed E-state index contributed by atoms with van der Waals surface area (Å²) in [6.07, 6.45) is 0. The van der Waals surface area contributed by atoms with E-state index in [0.29, 0.717) is 4.47 Å². The van der Waals surface area contributed by atoms with Gasteiger partial charge >= 0.3 is 0 Å². The molecule has 0 aliphatic rings. The Kier molecular flexibility index (Phi) is 4.89. The van der Waals surface area contributed by atoms with Crippen LogP contribution in [-0.4, -0.2) is 31.2 Å². The van der Waals surface area contributed by atoms with Crippen LogP contribution in [0, 0.1) is 0 Å². The van der Waals surface area contributed by atoms with Crippen LogP contribution in [-0.2, 0) is 14.8 Å². The maximum atomic E-state index is 12.4. The van der Waals surface area contributed by atoms with Gasteiger partial charge in [0.25, 0.3) is 0 Å². The van der Waals surface area contributed by atoms with Gasteiger partial charge in [-0.25, -0.2) is 8.42 Å². The lowest BCUT2D eigenvalue weighted by atomic mass is 10.4. The molecule has 0 saturated heterocycles. The van der Waals surface area contributed by atoms with Gasteiger partial charge < -0.3 is 5.73 Å². The standard InChI is InChI=1S/C11H15BrN2O3S/c1-8(2)14(7-11(13)15)18(16,17)10-5-3-4-9(12)6-10/h3-6,8H,7H2,1-2H3,(H2,13,15). The number of rotatable bonds is 5. The van der Waals surface area contributed by atoms with Gasteiger partial charge in [0.05, 0.1) is 11.4 Å².